The van der Waals surface area contributed by atoms with Gasteiger partial charge in [0.25, 0.3) is 0 Å². The summed E-state index contributed by atoms with van der Waals surface area (Å²) in [6.45, 7) is 2.71. The predicted octanol–water partition coefficient (Wildman–Crippen LogP) is 3.22. The van der Waals surface area contributed by atoms with Crippen LogP contribution in [0, 0.1) is 5.92 Å². The number of hydrogen-bond donors (Lipinski definition) is 1. The Kier molecular flexibility index (Phi) is 6.86. The Morgan fingerprint density at radius 2 is 1.75 bits per heavy atom. The molecule has 1 heterocycles. The molecule has 3 rings (SSSR count). The van der Waals surface area contributed by atoms with Gasteiger partial charge >= 0.3 is 0 Å². The molecular weight excluding hydrogens is 372 g/mol. The summed E-state index contributed by atoms with van der Waals surface area (Å²) in [6.07, 6.45) is 3.18. The molecule has 0 unspecified atom stereocenters. The van der Waals surface area contributed by atoms with E-state index in [1.165, 1.54) is 9.87 Å². The van der Waals surface area contributed by atoms with Crippen LogP contribution in [0.5, 0.6) is 0 Å². The molecule has 5 nitrogen and oxygen atoms in total. The first-order chi connectivity index (χ1) is 13.5. The first-order valence-electron chi connectivity index (χ1n) is 9.86. The highest BCUT2D eigenvalue weighted by Gasteiger charge is 2.33. The number of benzene rings is 2. The van der Waals surface area contributed by atoms with E-state index in [9.17, 15) is 13.2 Å². The van der Waals surface area contributed by atoms with Gasteiger partial charge in [-0.3, -0.25) is 4.79 Å². The zero-order valence-electron chi connectivity index (χ0n) is 16.3. The fraction of sp³-hybridized carbons (Fsp3) is 0.409. The van der Waals surface area contributed by atoms with E-state index in [1.54, 1.807) is 30.3 Å². The molecule has 6 heteroatoms. The lowest BCUT2D eigenvalue weighted by Crippen LogP contribution is -2.47. The lowest BCUT2D eigenvalue weighted by atomic mass is 9.98. The van der Waals surface area contributed by atoms with E-state index < -0.39 is 10.0 Å². The number of piperidine rings is 1. The highest BCUT2D eigenvalue weighted by atomic mass is 32.2. The third kappa shape index (κ3) is 5.20. The Labute approximate surface area is 167 Å². The van der Waals surface area contributed by atoms with Crippen molar-refractivity contribution in [3.8, 4) is 0 Å². The van der Waals surface area contributed by atoms with Crippen LogP contribution in [0.4, 0.5) is 0 Å². The number of rotatable bonds is 7. The number of aryl methyl sites for hydroxylation is 1. The van der Waals surface area contributed by atoms with Crippen molar-refractivity contribution in [1.29, 1.82) is 0 Å². The summed E-state index contributed by atoms with van der Waals surface area (Å²) >= 11 is 0. The second kappa shape index (κ2) is 9.34. The maximum absolute atomic E-state index is 12.8. The van der Waals surface area contributed by atoms with E-state index in [2.05, 4.69) is 17.4 Å². The molecule has 1 N–H and O–H groups in total. The van der Waals surface area contributed by atoms with Gasteiger partial charge in [-0.2, -0.15) is 4.31 Å². The van der Waals surface area contributed by atoms with Gasteiger partial charge in [0.2, 0.25) is 15.9 Å². The molecule has 1 aliphatic heterocycles. The molecular formula is C22H28N2O3S. The van der Waals surface area contributed by atoms with Crippen LogP contribution < -0.4 is 5.32 Å². The number of nitrogens with zero attached hydrogens (tertiary/aromatic N) is 1. The molecule has 2 atom stereocenters. The number of carbonyl (C=O) groups is 1. The predicted molar refractivity (Wildman–Crippen MR) is 110 cm³/mol. The van der Waals surface area contributed by atoms with Crippen molar-refractivity contribution in [2.45, 2.75) is 43.5 Å². The lowest BCUT2D eigenvalue weighted by molar-refractivity contribution is -0.126. The maximum atomic E-state index is 12.8. The molecule has 0 bridgehead atoms. The average molecular weight is 401 g/mol. The molecule has 28 heavy (non-hydrogen) atoms. The maximum Gasteiger partial charge on any atom is 0.243 e. The molecule has 1 saturated heterocycles. The monoisotopic (exact) mass is 400 g/mol. The highest BCUT2D eigenvalue weighted by Crippen LogP contribution is 2.24. The van der Waals surface area contributed by atoms with Crippen LogP contribution in [0.2, 0.25) is 0 Å². The van der Waals surface area contributed by atoms with Crippen molar-refractivity contribution in [2.75, 3.05) is 13.1 Å². The van der Waals surface area contributed by atoms with E-state index in [4.69, 9.17) is 0 Å². The van der Waals surface area contributed by atoms with Crippen molar-refractivity contribution in [3.63, 3.8) is 0 Å². The van der Waals surface area contributed by atoms with Gasteiger partial charge in [-0.25, -0.2) is 8.42 Å². The molecule has 0 aromatic heterocycles. The Morgan fingerprint density at radius 3 is 2.43 bits per heavy atom. The van der Waals surface area contributed by atoms with Gasteiger partial charge in [0, 0.05) is 19.1 Å². The number of carbonyl (C=O) groups excluding carboxylic acids is 1. The van der Waals surface area contributed by atoms with Gasteiger partial charge < -0.3 is 5.32 Å². The fourth-order valence-corrected chi connectivity index (χ4v) is 5.12. The summed E-state index contributed by atoms with van der Waals surface area (Å²) in [5.74, 6) is -0.347. The molecule has 1 aliphatic rings. The van der Waals surface area contributed by atoms with Gasteiger partial charge in [0.05, 0.1) is 10.8 Å². The molecule has 150 valence electrons. The number of nitrogens with one attached hydrogen (secondary N) is 1. The van der Waals surface area contributed by atoms with Crippen LogP contribution in [-0.2, 0) is 21.2 Å². The van der Waals surface area contributed by atoms with Crippen molar-refractivity contribution in [3.05, 3.63) is 66.2 Å². The molecule has 0 spiro atoms. The molecule has 1 amide bonds. The van der Waals surface area contributed by atoms with E-state index in [1.807, 2.05) is 25.1 Å². The zero-order valence-corrected chi connectivity index (χ0v) is 17.1. The molecule has 0 aliphatic carbocycles. The SMILES string of the molecule is C[C@@H](CCc1ccccc1)NC(=O)[C@@H]1CCCN(S(=O)(=O)c2ccccc2)C1. The first-order valence-corrected chi connectivity index (χ1v) is 11.3. The summed E-state index contributed by atoms with van der Waals surface area (Å²) in [6, 6.07) is 18.7. The van der Waals surface area contributed by atoms with E-state index in [0.717, 1.165) is 19.3 Å². The minimum Gasteiger partial charge on any atom is -0.353 e. The van der Waals surface area contributed by atoms with E-state index in [-0.39, 0.29) is 29.3 Å². The standard InChI is InChI=1S/C22H28N2O3S/c1-18(14-15-19-9-4-2-5-10-19)23-22(25)20-11-8-16-24(17-20)28(26,27)21-12-6-3-7-13-21/h2-7,9-10,12-13,18,20H,8,11,14-17H2,1H3,(H,23,25)/t18-,20+/m0/s1. The Bertz CT molecular complexity index is 869. The Balaban J connectivity index is 1.55. The Morgan fingerprint density at radius 1 is 1.11 bits per heavy atom. The molecule has 1 fully saturated rings. The molecule has 0 radical (unpaired) electrons. The van der Waals surface area contributed by atoms with Gasteiger partial charge in [-0.05, 0) is 50.3 Å². The highest BCUT2D eigenvalue weighted by molar-refractivity contribution is 7.89. The number of hydrogen-bond acceptors (Lipinski definition) is 3. The minimum absolute atomic E-state index is 0.0477. The third-order valence-electron chi connectivity index (χ3n) is 5.23. The minimum atomic E-state index is -3.55. The Hall–Kier alpha value is -2.18. The van der Waals surface area contributed by atoms with Crippen molar-refractivity contribution >= 4 is 15.9 Å². The van der Waals surface area contributed by atoms with Gasteiger partial charge in [0.1, 0.15) is 0 Å². The summed E-state index contributed by atoms with van der Waals surface area (Å²) in [4.78, 5) is 13.0. The molecule has 2 aromatic carbocycles. The van der Waals surface area contributed by atoms with Gasteiger partial charge in [0.15, 0.2) is 0 Å². The van der Waals surface area contributed by atoms with Crippen molar-refractivity contribution in [1.82, 2.24) is 9.62 Å². The first kappa shape index (κ1) is 20.6. The summed E-state index contributed by atoms with van der Waals surface area (Å²) in [7, 11) is -3.55. The number of amides is 1. The number of sulfonamides is 1. The zero-order chi connectivity index (χ0) is 20.0. The van der Waals surface area contributed by atoms with Crippen LogP contribution in [0.1, 0.15) is 31.7 Å². The van der Waals surface area contributed by atoms with Gasteiger partial charge in [-0.1, -0.05) is 48.5 Å². The van der Waals surface area contributed by atoms with Crippen molar-refractivity contribution < 1.29 is 13.2 Å². The molecule has 2 aromatic rings. The fourth-order valence-electron chi connectivity index (χ4n) is 3.58. The summed E-state index contributed by atoms with van der Waals surface area (Å²) < 4.78 is 27.1. The second-order valence-electron chi connectivity index (χ2n) is 7.45. The van der Waals surface area contributed by atoms with Crippen molar-refractivity contribution in [2.24, 2.45) is 5.92 Å². The van der Waals surface area contributed by atoms with E-state index in [0.29, 0.717) is 13.0 Å². The third-order valence-corrected chi connectivity index (χ3v) is 7.11. The van der Waals surface area contributed by atoms with Crippen LogP contribution in [0.3, 0.4) is 0 Å². The average Bonchev–Trinajstić information content (AvgIpc) is 2.73. The molecule has 0 saturated carbocycles. The lowest BCUT2D eigenvalue weighted by Gasteiger charge is -2.31. The van der Waals surface area contributed by atoms with Gasteiger partial charge in [-0.15, -0.1) is 0 Å². The topological polar surface area (TPSA) is 66.5 Å². The van der Waals surface area contributed by atoms with Crippen LogP contribution in [0.15, 0.2) is 65.6 Å². The van der Waals surface area contributed by atoms with E-state index >= 15 is 0 Å². The summed E-state index contributed by atoms with van der Waals surface area (Å²) in [5, 5.41) is 3.07. The normalized spacial score (nSPS) is 19.1. The summed E-state index contributed by atoms with van der Waals surface area (Å²) in [5.41, 5.74) is 1.25. The van der Waals surface area contributed by atoms with Crippen LogP contribution in [0.25, 0.3) is 0 Å². The second-order valence-corrected chi connectivity index (χ2v) is 9.39. The van der Waals surface area contributed by atoms with Crippen LogP contribution >= 0.6 is 0 Å². The largest absolute Gasteiger partial charge is 0.353 e. The smallest absolute Gasteiger partial charge is 0.243 e. The van der Waals surface area contributed by atoms with Crippen LogP contribution in [-0.4, -0.2) is 37.8 Å². The quantitative estimate of drug-likeness (QED) is 0.776.